The minimum atomic E-state index is -0.436. The highest BCUT2D eigenvalue weighted by Crippen LogP contribution is 2.36. The average Bonchev–Trinajstić information content (AvgIpc) is 2.92. The Bertz CT molecular complexity index is 459. The van der Waals surface area contributed by atoms with Gasteiger partial charge in [-0.1, -0.05) is 37.1 Å². The SMILES string of the molecule is CCOC(=O)CC(=O)c1ccccc1C1CCCC1. The van der Waals surface area contributed by atoms with Crippen LogP contribution in [0.1, 0.15) is 60.9 Å². The van der Waals surface area contributed by atoms with Gasteiger partial charge in [-0.3, -0.25) is 9.59 Å². The van der Waals surface area contributed by atoms with Gasteiger partial charge in [0.2, 0.25) is 0 Å². The third kappa shape index (κ3) is 3.43. The van der Waals surface area contributed by atoms with Crippen molar-refractivity contribution in [3.05, 3.63) is 35.4 Å². The predicted octanol–water partition coefficient (Wildman–Crippen LogP) is 3.48. The quantitative estimate of drug-likeness (QED) is 0.462. The lowest BCUT2D eigenvalue weighted by molar-refractivity contribution is -0.141. The Labute approximate surface area is 114 Å². The molecule has 0 aromatic heterocycles. The summed E-state index contributed by atoms with van der Waals surface area (Å²) in [5.74, 6) is -0.0861. The normalized spacial score (nSPS) is 15.4. The number of carbonyl (C=O) groups excluding carboxylic acids is 2. The van der Waals surface area contributed by atoms with Crippen LogP contribution in [0.4, 0.5) is 0 Å². The van der Waals surface area contributed by atoms with E-state index < -0.39 is 5.97 Å². The van der Waals surface area contributed by atoms with Crippen molar-refractivity contribution in [3.8, 4) is 0 Å². The third-order valence-corrected chi connectivity index (χ3v) is 3.67. The van der Waals surface area contributed by atoms with Crippen LogP contribution in [-0.2, 0) is 9.53 Å². The largest absolute Gasteiger partial charge is 0.466 e. The van der Waals surface area contributed by atoms with Crippen molar-refractivity contribution < 1.29 is 14.3 Å². The topological polar surface area (TPSA) is 43.4 Å². The lowest BCUT2D eigenvalue weighted by Gasteiger charge is -2.14. The molecule has 0 atom stereocenters. The summed E-state index contributed by atoms with van der Waals surface area (Å²) in [6.07, 6.45) is 4.58. The molecular formula is C16H20O3. The van der Waals surface area contributed by atoms with E-state index in [1.165, 1.54) is 12.8 Å². The predicted molar refractivity (Wildman–Crippen MR) is 73.2 cm³/mol. The summed E-state index contributed by atoms with van der Waals surface area (Å²) in [5.41, 5.74) is 1.80. The lowest BCUT2D eigenvalue weighted by Crippen LogP contribution is -2.13. The number of Topliss-reactive ketones (excluding diaryl/α,β-unsaturated/α-hetero) is 1. The molecule has 102 valence electrons. The van der Waals surface area contributed by atoms with Gasteiger partial charge < -0.3 is 4.74 Å². The Morgan fingerprint density at radius 3 is 2.58 bits per heavy atom. The van der Waals surface area contributed by atoms with Crippen molar-refractivity contribution in [2.45, 2.75) is 44.9 Å². The van der Waals surface area contributed by atoms with E-state index in [2.05, 4.69) is 0 Å². The van der Waals surface area contributed by atoms with Crippen molar-refractivity contribution in [1.29, 1.82) is 0 Å². The van der Waals surface area contributed by atoms with Crippen LogP contribution in [0, 0.1) is 0 Å². The van der Waals surface area contributed by atoms with E-state index in [0.29, 0.717) is 18.1 Å². The number of esters is 1. The first-order valence-electron chi connectivity index (χ1n) is 7.00. The summed E-state index contributed by atoms with van der Waals surface area (Å²) in [7, 11) is 0. The molecule has 1 aliphatic carbocycles. The monoisotopic (exact) mass is 260 g/mol. The summed E-state index contributed by atoms with van der Waals surface area (Å²) < 4.78 is 4.84. The first-order chi connectivity index (χ1) is 9.22. The molecule has 0 spiro atoms. The highest BCUT2D eigenvalue weighted by Gasteiger charge is 2.23. The van der Waals surface area contributed by atoms with Crippen molar-refractivity contribution in [2.24, 2.45) is 0 Å². The molecule has 3 heteroatoms. The van der Waals surface area contributed by atoms with Crippen LogP contribution < -0.4 is 0 Å². The Morgan fingerprint density at radius 2 is 1.89 bits per heavy atom. The van der Waals surface area contributed by atoms with Crippen molar-refractivity contribution >= 4 is 11.8 Å². The van der Waals surface area contributed by atoms with Crippen molar-refractivity contribution in [3.63, 3.8) is 0 Å². The van der Waals surface area contributed by atoms with Gasteiger partial charge in [-0.25, -0.2) is 0 Å². The molecule has 19 heavy (non-hydrogen) atoms. The fourth-order valence-corrected chi connectivity index (χ4v) is 2.78. The first kappa shape index (κ1) is 13.8. The number of hydrogen-bond acceptors (Lipinski definition) is 3. The average molecular weight is 260 g/mol. The number of ketones is 1. The molecule has 0 heterocycles. The molecule has 0 amide bonds. The van der Waals surface area contributed by atoms with E-state index in [0.717, 1.165) is 18.4 Å². The van der Waals surface area contributed by atoms with Gasteiger partial charge in [0, 0.05) is 5.56 Å². The van der Waals surface area contributed by atoms with Crippen LogP contribution >= 0.6 is 0 Å². The van der Waals surface area contributed by atoms with Gasteiger partial charge in [0.25, 0.3) is 0 Å². The zero-order chi connectivity index (χ0) is 13.7. The van der Waals surface area contributed by atoms with Crippen LogP contribution in [0.25, 0.3) is 0 Å². The molecule has 1 aliphatic rings. The lowest BCUT2D eigenvalue weighted by atomic mass is 9.90. The Balaban J connectivity index is 2.14. The molecule has 1 saturated carbocycles. The van der Waals surface area contributed by atoms with E-state index in [-0.39, 0.29) is 12.2 Å². The highest BCUT2D eigenvalue weighted by molar-refractivity contribution is 6.06. The van der Waals surface area contributed by atoms with E-state index in [4.69, 9.17) is 4.74 Å². The smallest absolute Gasteiger partial charge is 0.313 e. The molecule has 0 unspecified atom stereocenters. The minimum Gasteiger partial charge on any atom is -0.466 e. The fraction of sp³-hybridized carbons (Fsp3) is 0.500. The summed E-state index contributed by atoms with van der Waals surface area (Å²) in [4.78, 5) is 23.6. The number of carbonyl (C=O) groups is 2. The molecular weight excluding hydrogens is 240 g/mol. The second-order valence-corrected chi connectivity index (χ2v) is 4.97. The molecule has 1 aromatic rings. The maximum atomic E-state index is 12.2. The van der Waals surface area contributed by atoms with E-state index in [1.807, 2.05) is 24.3 Å². The van der Waals surface area contributed by atoms with Gasteiger partial charge in [-0.15, -0.1) is 0 Å². The zero-order valence-corrected chi connectivity index (χ0v) is 11.4. The molecule has 0 bridgehead atoms. The Hall–Kier alpha value is -1.64. The fourth-order valence-electron chi connectivity index (χ4n) is 2.78. The number of ether oxygens (including phenoxy) is 1. The minimum absolute atomic E-state index is 0.124. The van der Waals surface area contributed by atoms with Gasteiger partial charge in [-0.2, -0.15) is 0 Å². The maximum Gasteiger partial charge on any atom is 0.313 e. The third-order valence-electron chi connectivity index (χ3n) is 3.67. The van der Waals surface area contributed by atoms with Gasteiger partial charge >= 0.3 is 5.97 Å². The van der Waals surface area contributed by atoms with E-state index in [9.17, 15) is 9.59 Å². The summed E-state index contributed by atoms with van der Waals surface area (Å²) in [6, 6.07) is 7.68. The zero-order valence-electron chi connectivity index (χ0n) is 11.4. The molecule has 0 N–H and O–H groups in total. The molecule has 2 rings (SSSR count). The van der Waals surface area contributed by atoms with E-state index >= 15 is 0 Å². The molecule has 3 nitrogen and oxygen atoms in total. The van der Waals surface area contributed by atoms with Crippen molar-refractivity contribution in [1.82, 2.24) is 0 Å². The first-order valence-corrected chi connectivity index (χ1v) is 7.00. The Kier molecular flexibility index (Phi) is 4.72. The number of hydrogen-bond donors (Lipinski definition) is 0. The standard InChI is InChI=1S/C16H20O3/c1-2-19-16(18)11-15(17)14-10-6-5-9-13(14)12-7-3-4-8-12/h5-6,9-10,12H,2-4,7-8,11H2,1H3. The number of rotatable bonds is 5. The van der Waals surface area contributed by atoms with Crippen LogP contribution in [0.3, 0.4) is 0 Å². The highest BCUT2D eigenvalue weighted by atomic mass is 16.5. The molecule has 1 aromatic carbocycles. The van der Waals surface area contributed by atoms with Crippen LogP contribution in [0.2, 0.25) is 0 Å². The van der Waals surface area contributed by atoms with E-state index in [1.54, 1.807) is 6.92 Å². The van der Waals surface area contributed by atoms with Gasteiger partial charge in [-0.05, 0) is 31.2 Å². The van der Waals surface area contributed by atoms with Crippen LogP contribution in [-0.4, -0.2) is 18.4 Å². The molecule has 0 aliphatic heterocycles. The number of benzene rings is 1. The van der Waals surface area contributed by atoms with Crippen LogP contribution in [0.5, 0.6) is 0 Å². The molecule has 0 saturated heterocycles. The van der Waals surface area contributed by atoms with Crippen molar-refractivity contribution in [2.75, 3.05) is 6.61 Å². The maximum absolute atomic E-state index is 12.2. The van der Waals surface area contributed by atoms with Crippen LogP contribution in [0.15, 0.2) is 24.3 Å². The molecule has 1 fully saturated rings. The van der Waals surface area contributed by atoms with Gasteiger partial charge in [0.05, 0.1) is 6.61 Å². The van der Waals surface area contributed by atoms with Gasteiger partial charge in [0.15, 0.2) is 5.78 Å². The summed E-state index contributed by atoms with van der Waals surface area (Å²) in [5, 5.41) is 0. The second-order valence-electron chi connectivity index (χ2n) is 4.97. The molecule has 0 radical (unpaired) electrons. The summed E-state index contributed by atoms with van der Waals surface area (Å²) in [6.45, 7) is 2.06. The summed E-state index contributed by atoms with van der Waals surface area (Å²) >= 11 is 0. The Morgan fingerprint density at radius 1 is 1.21 bits per heavy atom. The second kappa shape index (κ2) is 6.50. The van der Waals surface area contributed by atoms with Gasteiger partial charge in [0.1, 0.15) is 6.42 Å².